The Labute approximate surface area is 268 Å². The lowest BCUT2D eigenvalue weighted by Crippen LogP contribution is -2.01. The van der Waals surface area contributed by atoms with Gasteiger partial charge in [-0.1, -0.05) is 115 Å². The molecule has 4 N–H and O–H groups in total. The molecule has 0 aliphatic carbocycles. The van der Waals surface area contributed by atoms with E-state index in [0.717, 1.165) is 67.3 Å². The minimum Gasteiger partial charge on any atom is -0.508 e. The van der Waals surface area contributed by atoms with E-state index in [0.29, 0.717) is 0 Å². The lowest BCUT2D eigenvalue weighted by molar-refractivity contribution is 0.475. The molecule has 7 rings (SSSR count). The first-order valence-electron chi connectivity index (χ1n) is 15.2. The van der Waals surface area contributed by atoms with E-state index in [1.165, 1.54) is 0 Å². The van der Waals surface area contributed by atoms with Crippen LogP contribution < -0.4 is 10.6 Å². The summed E-state index contributed by atoms with van der Waals surface area (Å²) in [6.45, 7) is 0. The van der Waals surface area contributed by atoms with Gasteiger partial charge in [0, 0.05) is 40.3 Å². The Hall–Kier alpha value is -6.26. The number of hydrogen-bond acceptors (Lipinski definition) is 4. The van der Waals surface area contributed by atoms with Crippen LogP contribution in [0.25, 0.3) is 44.5 Å². The van der Waals surface area contributed by atoms with Crippen LogP contribution in [0.3, 0.4) is 0 Å². The molecule has 0 aliphatic rings. The summed E-state index contributed by atoms with van der Waals surface area (Å²) in [4.78, 5) is 0. The van der Waals surface area contributed by atoms with Crippen molar-refractivity contribution in [3.63, 3.8) is 0 Å². The fraction of sp³-hybridized carbons (Fsp3) is 0. The summed E-state index contributed by atoms with van der Waals surface area (Å²) >= 11 is 0. The molecule has 0 amide bonds. The Morgan fingerprint density at radius 2 is 0.804 bits per heavy atom. The summed E-state index contributed by atoms with van der Waals surface area (Å²) in [6.07, 6.45) is 0. The molecule has 0 saturated carbocycles. The average molecular weight is 597 g/mol. The SMILES string of the molecule is Oc1cccc(Nc2ccc(-c3cc(-c4ccccc4)c(Nc4cccc(O)c4)c(-c4ccccc4)c3-c3ccccc3)cc2)c1. The summed E-state index contributed by atoms with van der Waals surface area (Å²) in [7, 11) is 0. The highest BCUT2D eigenvalue weighted by atomic mass is 16.3. The van der Waals surface area contributed by atoms with Crippen LogP contribution in [0.2, 0.25) is 0 Å². The van der Waals surface area contributed by atoms with Crippen molar-refractivity contribution in [1.82, 2.24) is 0 Å². The van der Waals surface area contributed by atoms with Crippen molar-refractivity contribution in [2.24, 2.45) is 0 Å². The van der Waals surface area contributed by atoms with Crippen molar-refractivity contribution in [1.29, 1.82) is 0 Å². The van der Waals surface area contributed by atoms with Crippen molar-refractivity contribution in [2.75, 3.05) is 10.6 Å². The topological polar surface area (TPSA) is 64.5 Å². The van der Waals surface area contributed by atoms with E-state index in [4.69, 9.17) is 0 Å². The standard InChI is InChI=1S/C42H32N2O2/c45-36-20-10-18-34(26-36)43-33-24-22-30(23-25-33)38-28-39(29-12-4-1-5-13-29)42(44-35-19-11-21-37(46)27-35)41(32-16-8-3-9-17-32)40(38)31-14-6-2-7-15-31/h1-28,43-46H. The van der Waals surface area contributed by atoms with Crippen molar-refractivity contribution in [2.45, 2.75) is 0 Å². The Morgan fingerprint density at radius 3 is 1.35 bits per heavy atom. The molecule has 0 atom stereocenters. The molecule has 0 radical (unpaired) electrons. The largest absolute Gasteiger partial charge is 0.508 e. The van der Waals surface area contributed by atoms with Crippen LogP contribution in [0.15, 0.2) is 170 Å². The maximum absolute atomic E-state index is 10.4. The van der Waals surface area contributed by atoms with Crippen LogP contribution in [0, 0.1) is 0 Å². The average Bonchev–Trinajstić information content (AvgIpc) is 3.09. The highest BCUT2D eigenvalue weighted by Gasteiger charge is 2.23. The van der Waals surface area contributed by atoms with Crippen LogP contribution in [0.4, 0.5) is 22.7 Å². The lowest BCUT2D eigenvalue weighted by atomic mass is 9.83. The Kier molecular flexibility index (Phi) is 7.91. The number of nitrogens with one attached hydrogen (secondary N) is 2. The Morgan fingerprint density at radius 1 is 0.326 bits per heavy atom. The molecule has 0 spiro atoms. The third-order valence-electron chi connectivity index (χ3n) is 7.98. The number of phenolic OH excluding ortho intramolecular Hbond substituents is 2. The molecule has 7 aromatic carbocycles. The van der Waals surface area contributed by atoms with Gasteiger partial charge in [-0.05, 0) is 75.8 Å². The van der Waals surface area contributed by atoms with Gasteiger partial charge in [0.25, 0.3) is 0 Å². The molecule has 0 unspecified atom stereocenters. The summed E-state index contributed by atoms with van der Waals surface area (Å²) in [5.41, 5.74) is 12.1. The Bertz CT molecular complexity index is 2090. The van der Waals surface area contributed by atoms with Crippen LogP contribution >= 0.6 is 0 Å². The van der Waals surface area contributed by atoms with Gasteiger partial charge >= 0.3 is 0 Å². The van der Waals surface area contributed by atoms with Crippen molar-refractivity contribution in [3.05, 3.63) is 170 Å². The van der Waals surface area contributed by atoms with Gasteiger partial charge in [-0.15, -0.1) is 0 Å². The van der Waals surface area contributed by atoms with Gasteiger partial charge in [-0.25, -0.2) is 0 Å². The molecule has 222 valence electrons. The van der Waals surface area contributed by atoms with Crippen LogP contribution in [-0.2, 0) is 0 Å². The second-order valence-corrected chi connectivity index (χ2v) is 11.1. The molecule has 0 heterocycles. The molecule has 0 fully saturated rings. The zero-order chi connectivity index (χ0) is 31.3. The lowest BCUT2D eigenvalue weighted by Gasteiger charge is -2.25. The molecule has 4 nitrogen and oxygen atoms in total. The smallest absolute Gasteiger partial charge is 0.117 e. The van der Waals surface area contributed by atoms with Gasteiger partial charge in [-0.3, -0.25) is 0 Å². The maximum Gasteiger partial charge on any atom is 0.117 e. The summed E-state index contributed by atoms with van der Waals surface area (Å²) in [6, 6.07) is 56.4. The molecule has 0 aromatic heterocycles. The molecular weight excluding hydrogens is 564 g/mol. The van der Waals surface area contributed by atoms with Crippen LogP contribution in [0.1, 0.15) is 0 Å². The Balaban J connectivity index is 1.50. The highest BCUT2D eigenvalue weighted by molar-refractivity contribution is 6.06. The summed E-state index contributed by atoms with van der Waals surface area (Å²) < 4.78 is 0. The fourth-order valence-electron chi connectivity index (χ4n) is 5.90. The predicted octanol–water partition coefficient (Wildman–Crippen LogP) is 11.3. The third kappa shape index (κ3) is 6.05. The van der Waals surface area contributed by atoms with Crippen LogP contribution in [0.5, 0.6) is 11.5 Å². The molecular formula is C42H32N2O2. The molecule has 0 aliphatic heterocycles. The van der Waals surface area contributed by atoms with E-state index in [1.807, 2.05) is 42.5 Å². The van der Waals surface area contributed by atoms with E-state index in [1.54, 1.807) is 24.3 Å². The maximum atomic E-state index is 10.4. The summed E-state index contributed by atoms with van der Waals surface area (Å²) in [5, 5.41) is 27.4. The first kappa shape index (κ1) is 28.5. The molecule has 46 heavy (non-hydrogen) atoms. The zero-order valence-corrected chi connectivity index (χ0v) is 25.1. The van der Waals surface area contributed by atoms with Gasteiger partial charge in [0.2, 0.25) is 0 Å². The second kappa shape index (κ2) is 12.8. The number of aromatic hydroxyl groups is 2. The molecule has 0 saturated heterocycles. The third-order valence-corrected chi connectivity index (χ3v) is 7.98. The van der Waals surface area contributed by atoms with Gasteiger partial charge in [0.05, 0.1) is 5.69 Å². The van der Waals surface area contributed by atoms with Crippen molar-refractivity contribution in [3.8, 4) is 56.0 Å². The second-order valence-electron chi connectivity index (χ2n) is 11.1. The first-order valence-corrected chi connectivity index (χ1v) is 15.2. The molecule has 4 heteroatoms. The van der Waals surface area contributed by atoms with E-state index in [-0.39, 0.29) is 11.5 Å². The van der Waals surface area contributed by atoms with E-state index in [9.17, 15) is 10.2 Å². The zero-order valence-electron chi connectivity index (χ0n) is 25.1. The van der Waals surface area contributed by atoms with Crippen LogP contribution in [-0.4, -0.2) is 10.2 Å². The normalized spacial score (nSPS) is 10.8. The fourth-order valence-corrected chi connectivity index (χ4v) is 5.90. The van der Waals surface area contributed by atoms with Crippen molar-refractivity contribution < 1.29 is 10.2 Å². The van der Waals surface area contributed by atoms with E-state index >= 15 is 0 Å². The monoisotopic (exact) mass is 596 g/mol. The molecule has 7 aromatic rings. The van der Waals surface area contributed by atoms with Gasteiger partial charge < -0.3 is 20.8 Å². The van der Waals surface area contributed by atoms with E-state index in [2.05, 4.69) is 114 Å². The number of benzene rings is 7. The number of anilines is 4. The van der Waals surface area contributed by atoms with Crippen molar-refractivity contribution >= 4 is 22.7 Å². The van der Waals surface area contributed by atoms with Gasteiger partial charge in [-0.2, -0.15) is 0 Å². The van der Waals surface area contributed by atoms with E-state index < -0.39 is 0 Å². The van der Waals surface area contributed by atoms with Gasteiger partial charge in [0.15, 0.2) is 0 Å². The number of hydrogen-bond donors (Lipinski definition) is 4. The summed E-state index contributed by atoms with van der Waals surface area (Å²) in [5.74, 6) is 0.419. The number of rotatable bonds is 8. The van der Waals surface area contributed by atoms with Gasteiger partial charge in [0.1, 0.15) is 11.5 Å². The highest BCUT2D eigenvalue weighted by Crippen LogP contribution is 2.50. The predicted molar refractivity (Wildman–Crippen MR) is 191 cm³/mol. The number of phenols is 2. The minimum atomic E-state index is 0.201. The quantitative estimate of drug-likeness (QED) is 0.141. The minimum absolute atomic E-state index is 0.201. The first-order chi connectivity index (χ1) is 22.6. The molecule has 0 bridgehead atoms.